The van der Waals surface area contributed by atoms with Gasteiger partial charge in [-0.2, -0.15) is 18.3 Å². The molecule has 172 valence electrons. The van der Waals surface area contributed by atoms with Crippen molar-refractivity contribution in [3.63, 3.8) is 0 Å². The number of rotatable bonds is 9. The van der Waals surface area contributed by atoms with Crippen LogP contribution in [0.25, 0.3) is 11.6 Å². The molecule has 0 atom stereocenters. The molecule has 0 bridgehead atoms. The summed E-state index contributed by atoms with van der Waals surface area (Å²) in [4.78, 5) is 10.5. The number of furan rings is 1. The van der Waals surface area contributed by atoms with Crippen LogP contribution in [0.5, 0.6) is 0 Å². The Kier molecular flexibility index (Phi) is 8.33. The summed E-state index contributed by atoms with van der Waals surface area (Å²) in [5.74, 6) is 3.05. The standard InChI is InChI=1S/C20H30F3N7O/c1-2-24-19(25-9-5-15-7-11-30(12-8-15)14-20(21,22)23)26-10-6-17-27-18(29-28-17)16-4-3-13-31-16/h3-4,13,15H,2,5-12,14H2,1H3,(H2,24,25,26)(H,27,28,29). The minimum Gasteiger partial charge on any atom is -0.461 e. The number of alkyl halides is 3. The van der Waals surface area contributed by atoms with Crippen molar-refractivity contribution in [3.05, 3.63) is 24.2 Å². The van der Waals surface area contributed by atoms with Crippen LogP contribution in [0, 0.1) is 5.92 Å². The Bertz CT molecular complexity index is 796. The number of hydrogen-bond donors (Lipinski definition) is 3. The normalized spacial score (nSPS) is 16.6. The highest BCUT2D eigenvalue weighted by Crippen LogP contribution is 2.24. The molecule has 2 aromatic rings. The van der Waals surface area contributed by atoms with Gasteiger partial charge in [0.1, 0.15) is 5.82 Å². The summed E-state index contributed by atoms with van der Waals surface area (Å²) in [7, 11) is 0. The number of halogens is 3. The molecule has 2 aromatic heterocycles. The third-order valence-electron chi connectivity index (χ3n) is 5.19. The summed E-state index contributed by atoms with van der Waals surface area (Å²) in [5, 5.41) is 13.5. The van der Waals surface area contributed by atoms with E-state index < -0.39 is 12.7 Å². The highest BCUT2D eigenvalue weighted by Gasteiger charge is 2.32. The number of likely N-dealkylation sites (tertiary alicyclic amines) is 1. The topological polar surface area (TPSA) is 94.4 Å². The number of guanidine groups is 1. The lowest BCUT2D eigenvalue weighted by Gasteiger charge is -2.32. The van der Waals surface area contributed by atoms with Gasteiger partial charge in [0.05, 0.1) is 12.8 Å². The Balaban J connectivity index is 1.37. The summed E-state index contributed by atoms with van der Waals surface area (Å²) in [5.41, 5.74) is 0. The van der Waals surface area contributed by atoms with Gasteiger partial charge in [0.25, 0.3) is 0 Å². The fourth-order valence-corrected chi connectivity index (χ4v) is 3.61. The molecular weight excluding hydrogens is 411 g/mol. The van der Waals surface area contributed by atoms with Gasteiger partial charge in [-0.3, -0.25) is 15.0 Å². The minimum atomic E-state index is -4.12. The molecule has 3 N–H and O–H groups in total. The molecule has 0 saturated carbocycles. The van der Waals surface area contributed by atoms with E-state index in [1.807, 2.05) is 6.92 Å². The Morgan fingerprint density at radius 3 is 2.81 bits per heavy atom. The van der Waals surface area contributed by atoms with Gasteiger partial charge in [-0.25, -0.2) is 4.98 Å². The zero-order valence-corrected chi connectivity index (χ0v) is 17.7. The predicted octanol–water partition coefficient (Wildman–Crippen LogP) is 2.83. The van der Waals surface area contributed by atoms with E-state index in [2.05, 4.69) is 30.8 Å². The fraction of sp³-hybridized carbons (Fsp3) is 0.650. The van der Waals surface area contributed by atoms with Gasteiger partial charge in [-0.05, 0) is 57.3 Å². The van der Waals surface area contributed by atoms with E-state index in [4.69, 9.17) is 4.42 Å². The van der Waals surface area contributed by atoms with E-state index in [0.717, 1.165) is 37.6 Å². The second kappa shape index (κ2) is 11.2. The number of aliphatic imine (C=N–C) groups is 1. The molecule has 1 aliphatic heterocycles. The lowest BCUT2D eigenvalue weighted by Crippen LogP contribution is -2.40. The van der Waals surface area contributed by atoms with Gasteiger partial charge in [0, 0.05) is 26.1 Å². The number of aromatic nitrogens is 3. The molecule has 0 aliphatic carbocycles. The van der Waals surface area contributed by atoms with Gasteiger partial charge < -0.3 is 15.1 Å². The van der Waals surface area contributed by atoms with Crippen LogP contribution in [0.2, 0.25) is 0 Å². The third-order valence-corrected chi connectivity index (χ3v) is 5.19. The first-order chi connectivity index (χ1) is 14.9. The summed E-state index contributed by atoms with van der Waals surface area (Å²) < 4.78 is 42.8. The van der Waals surface area contributed by atoms with Crippen molar-refractivity contribution in [3.8, 4) is 11.6 Å². The third kappa shape index (κ3) is 7.89. The highest BCUT2D eigenvalue weighted by molar-refractivity contribution is 5.79. The molecule has 1 aliphatic rings. The molecule has 1 saturated heterocycles. The summed E-state index contributed by atoms with van der Waals surface area (Å²) in [6.45, 7) is 4.22. The molecule has 3 rings (SSSR count). The average molecular weight is 442 g/mol. The summed E-state index contributed by atoms with van der Waals surface area (Å²) >= 11 is 0. The molecule has 31 heavy (non-hydrogen) atoms. The zero-order chi connectivity index (χ0) is 22.1. The summed E-state index contributed by atoms with van der Waals surface area (Å²) in [6, 6.07) is 3.60. The second-order valence-electron chi connectivity index (χ2n) is 7.64. The molecule has 0 radical (unpaired) electrons. The van der Waals surface area contributed by atoms with Crippen LogP contribution in [-0.2, 0) is 6.42 Å². The average Bonchev–Trinajstić information content (AvgIpc) is 3.40. The Morgan fingerprint density at radius 2 is 2.13 bits per heavy atom. The van der Waals surface area contributed by atoms with Crippen molar-refractivity contribution < 1.29 is 17.6 Å². The van der Waals surface area contributed by atoms with Gasteiger partial charge in [0.2, 0.25) is 5.82 Å². The van der Waals surface area contributed by atoms with Crippen LogP contribution < -0.4 is 10.6 Å². The quantitative estimate of drug-likeness (QED) is 0.409. The predicted molar refractivity (Wildman–Crippen MR) is 112 cm³/mol. The fourth-order valence-electron chi connectivity index (χ4n) is 3.61. The second-order valence-corrected chi connectivity index (χ2v) is 7.64. The number of nitrogens with zero attached hydrogens (tertiary/aromatic N) is 4. The van der Waals surface area contributed by atoms with Crippen molar-refractivity contribution in [1.29, 1.82) is 0 Å². The number of aromatic amines is 1. The maximum absolute atomic E-state index is 12.5. The SMILES string of the molecule is CCNC(=NCCC1CCN(CC(F)(F)F)CC1)NCCc1nc(-c2ccco2)n[nH]1. The smallest absolute Gasteiger partial charge is 0.401 e. The molecular formula is C20H30F3N7O. The first-order valence-electron chi connectivity index (χ1n) is 10.7. The van der Waals surface area contributed by atoms with Crippen LogP contribution >= 0.6 is 0 Å². The lowest BCUT2D eigenvalue weighted by molar-refractivity contribution is -0.148. The highest BCUT2D eigenvalue weighted by atomic mass is 19.4. The van der Waals surface area contributed by atoms with Gasteiger partial charge in [-0.1, -0.05) is 0 Å². The van der Waals surface area contributed by atoms with Crippen molar-refractivity contribution >= 4 is 5.96 Å². The van der Waals surface area contributed by atoms with Crippen LogP contribution in [0.1, 0.15) is 32.0 Å². The number of hydrogen-bond acceptors (Lipinski definition) is 5. The first-order valence-corrected chi connectivity index (χ1v) is 10.7. The maximum Gasteiger partial charge on any atom is 0.401 e. The van der Waals surface area contributed by atoms with E-state index in [-0.39, 0.29) is 0 Å². The molecule has 0 unspecified atom stereocenters. The molecule has 0 amide bonds. The van der Waals surface area contributed by atoms with Crippen molar-refractivity contribution in [2.45, 2.75) is 38.8 Å². The number of nitrogens with one attached hydrogen (secondary N) is 3. The largest absolute Gasteiger partial charge is 0.461 e. The van der Waals surface area contributed by atoms with E-state index >= 15 is 0 Å². The van der Waals surface area contributed by atoms with Crippen molar-refractivity contribution in [2.24, 2.45) is 10.9 Å². The van der Waals surface area contributed by atoms with Crippen LogP contribution in [0.4, 0.5) is 13.2 Å². The Labute approximate surface area is 179 Å². The minimum absolute atomic E-state index is 0.422. The van der Waals surface area contributed by atoms with Crippen molar-refractivity contribution in [2.75, 3.05) is 39.3 Å². The van der Waals surface area contributed by atoms with Crippen LogP contribution in [-0.4, -0.2) is 71.5 Å². The lowest BCUT2D eigenvalue weighted by atomic mass is 9.93. The molecule has 0 spiro atoms. The van der Waals surface area contributed by atoms with E-state index in [1.165, 1.54) is 4.90 Å². The summed E-state index contributed by atoms with van der Waals surface area (Å²) in [6.07, 6.45) is 0.576. The molecule has 8 nitrogen and oxygen atoms in total. The van der Waals surface area contributed by atoms with Crippen LogP contribution in [0.15, 0.2) is 27.8 Å². The molecule has 11 heteroatoms. The molecule has 1 fully saturated rings. The first kappa shape index (κ1) is 23.1. The van der Waals surface area contributed by atoms with Gasteiger partial charge >= 0.3 is 6.18 Å². The van der Waals surface area contributed by atoms with E-state index in [9.17, 15) is 13.2 Å². The maximum atomic E-state index is 12.5. The number of H-pyrrole nitrogens is 1. The van der Waals surface area contributed by atoms with Gasteiger partial charge in [0.15, 0.2) is 11.7 Å². The monoisotopic (exact) mass is 441 g/mol. The van der Waals surface area contributed by atoms with E-state index in [0.29, 0.717) is 50.1 Å². The molecule has 0 aromatic carbocycles. The molecule has 3 heterocycles. The Morgan fingerprint density at radius 1 is 1.32 bits per heavy atom. The van der Waals surface area contributed by atoms with Crippen LogP contribution in [0.3, 0.4) is 0 Å². The number of piperidine rings is 1. The van der Waals surface area contributed by atoms with E-state index in [1.54, 1.807) is 18.4 Å². The van der Waals surface area contributed by atoms with Crippen molar-refractivity contribution in [1.82, 2.24) is 30.7 Å². The van der Waals surface area contributed by atoms with Gasteiger partial charge in [-0.15, -0.1) is 0 Å². The Hall–Kier alpha value is -2.56. The zero-order valence-electron chi connectivity index (χ0n) is 17.7.